The summed E-state index contributed by atoms with van der Waals surface area (Å²) in [6.45, 7) is 4.77. The quantitative estimate of drug-likeness (QED) is 0.454. The maximum atomic E-state index is 11.3. The third-order valence-corrected chi connectivity index (χ3v) is 4.35. The molecule has 2 atom stereocenters. The lowest BCUT2D eigenvalue weighted by Gasteiger charge is -2.26. The third kappa shape index (κ3) is 4.18. The molecule has 0 spiro atoms. The Bertz CT molecular complexity index is 598. The lowest BCUT2D eigenvalue weighted by atomic mass is 9.99. The lowest BCUT2D eigenvalue weighted by molar-refractivity contribution is -0.112. The number of carbonyl (C=O) groups excluding carboxylic acids is 1. The number of fused-ring (bicyclic) bond motifs is 1. The van der Waals surface area contributed by atoms with Gasteiger partial charge in [0, 0.05) is 18.3 Å². The van der Waals surface area contributed by atoms with Gasteiger partial charge in [-0.25, -0.2) is 0 Å². The van der Waals surface area contributed by atoms with Crippen molar-refractivity contribution in [1.29, 1.82) is 5.41 Å². The number of rotatable bonds is 8. The van der Waals surface area contributed by atoms with Crippen molar-refractivity contribution in [2.24, 2.45) is 11.0 Å². The van der Waals surface area contributed by atoms with Crippen molar-refractivity contribution in [3.05, 3.63) is 29.3 Å². The lowest BCUT2D eigenvalue weighted by Crippen LogP contribution is -2.25. The van der Waals surface area contributed by atoms with Gasteiger partial charge >= 0.3 is 0 Å². The van der Waals surface area contributed by atoms with Crippen molar-refractivity contribution in [3.63, 3.8) is 0 Å². The maximum absolute atomic E-state index is 11.3. The minimum absolute atomic E-state index is 0.349. The molecule has 0 amide bonds. The Balaban J connectivity index is 1.93. The molecule has 1 aromatic rings. The highest BCUT2D eigenvalue weighted by Gasteiger charge is 2.22. The van der Waals surface area contributed by atoms with Crippen molar-refractivity contribution in [2.75, 3.05) is 13.7 Å². The molecule has 0 saturated carbocycles. The molecule has 5 heteroatoms. The van der Waals surface area contributed by atoms with E-state index >= 15 is 0 Å². The van der Waals surface area contributed by atoms with E-state index in [1.54, 1.807) is 18.3 Å². The molecule has 1 N–H and O–H groups in total. The van der Waals surface area contributed by atoms with Crippen LogP contribution in [-0.2, 0) is 4.79 Å². The SMILES string of the molecule is CC[C@@H](C)C(=N)CCCOc1ccc2c(c1)C(C=O)N(C)N=C2. The van der Waals surface area contributed by atoms with Gasteiger partial charge in [-0.05, 0) is 48.9 Å². The fourth-order valence-electron chi connectivity index (χ4n) is 2.55. The number of hydrazone groups is 1. The average Bonchev–Trinajstić information content (AvgIpc) is 2.57. The number of aldehydes is 1. The second-order valence-electron chi connectivity index (χ2n) is 5.98. The van der Waals surface area contributed by atoms with Crippen LogP contribution < -0.4 is 4.74 Å². The molecule has 1 unspecified atom stereocenters. The molecule has 0 aliphatic carbocycles. The Kier molecular flexibility index (Phi) is 5.90. The van der Waals surface area contributed by atoms with Gasteiger partial charge in [-0.15, -0.1) is 0 Å². The zero-order valence-corrected chi connectivity index (χ0v) is 14.1. The van der Waals surface area contributed by atoms with Crippen LogP contribution in [0, 0.1) is 11.3 Å². The summed E-state index contributed by atoms with van der Waals surface area (Å²) >= 11 is 0. The molecular weight excluding hydrogens is 290 g/mol. The van der Waals surface area contributed by atoms with Crippen LogP contribution in [0.2, 0.25) is 0 Å². The summed E-state index contributed by atoms with van der Waals surface area (Å²) in [4.78, 5) is 11.3. The fraction of sp³-hybridized carbons (Fsp3) is 0.500. The van der Waals surface area contributed by atoms with Crippen LogP contribution >= 0.6 is 0 Å². The molecule has 1 aromatic carbocycles. The first-order valence-corrected chi connectivity index (χ1v) is 8.13. The van der Waals surface area contributed by atoms with Gasteiger partial charge in [0.25, 0.3) is 0 Å². The first-order valence-electron chi connectivity index (χ1n) is 8.13. The standard InChI is InChI=1S/C18H25N3O2/c1-4-13(2)17(19)6-5-9-23-15-8-7-14-11-20-21(3)18(12-22)16(14)10-15/h7-8,10-13,18-19H,4-6,9H2,1-3H3/t13-,18?/m1/s1. The number of benzene rings is 1. The van der Waals surface area contributed by atoms with Gasteiger partial charge in [0.1, 0.15) is 18.1 Å². The molecule has 5 nitrogen and oxygen atoms in total. The van der Waals surface area contributed by atoms with Crippen LogP contribution in [0.15, 0.2) is 23.3 Å². The Morgan fingerprint density at radius 2 is 2.30 bits per heavy atom. The van der Waals surface area contributed by atoms with E-state index in [1.165, 1.54) is 0 Å². The number of likely N-dealkylation sites (N-methyl/N-ethyl adjacent to an activating group) is 1. The molecule has 0 saturated heterocycles. The van der Waals surface area contributed by atoms with E-state index in [1.807, 2.05) is 18.2 Å². The van der Waals surface area contributed by atoms with Crippen LogP contribution in [0.1, 0.15) is 50.3 Å². The number of ether oxygens (including phenoxy) is 1. The minimum Gasteiger partial charge on any atom is -0.494 e. The van der Waals surface area contributed by atoms with Crippen LogP contribution in [0.5, 0.6) is 5.75 Å². The van der Waals surface area contributed by atoms with E-state index in [0.717, 1.165) is 48.1 Å². The maximum Gasteiger partial charge on any atom is 0.148 e. The molecule has 0 radical (unpaired) electrons. The van der Waals surface area contributed by atoms with Crippen molar-refractivity contribution in [2.45, 2.75) is 39.2 Å². The van der Waals surface area contributed by atoms with Crippen molar-refractivity contribution in [1.82, 2.24) is 5.01 Å². The van der Waals surface area contributed by atoms with Gasteiger partial charge in [0.15, 0.2) is 0 Å². The molecule has 1 aliphatic heterocycles. The number of hydrogen-bond donors (Lipinski definition) is 1. The molecule has 0 aromatic heterocycles. The summed E-state index contributed by atoms with van der Waals surface area (Å²) in [6, 6.07) is 5.38. The Hall–Kier alpha value is -2.17. The largest absolute Gasteiger partial charge is 0.494 e. The van der Waals surface area contributed by atoms with Crippen molar-refractivity contribution in [3.8, 4) is 5.75 Å². The molecule has 2 rings (SSSR count). The van der Waals surface area contributed by atoms with Crippen LogP contribution in [0.3, 0.4) is 0 Å². The normalized spacial score (nSPS) is 17.5. The molecule has 1 aliphatic rings. The zero-order valence-electron chi connectivity index (χ0n) is 14.1. The first kappa shape index (κ1) is 17.2. The summed E-state index contributed by atoms with van der Waals surface area (Å²) in [5.74, 6) is 1.11. The number of carbonyl (C=O) groups is 1. The van der Waals surface area contributed by atoms with E-state index in [2.05, 4.69) is 18.9 Å². The predicted octanol–water partition coefficient (Wildman–Crippen LogP) is 3.43. The highest BCUT2D eigenvalue weighted by Crippen LogP contribution is 2.28. The van der Waals surface area contributed by atoms with Gasteiger partial charge in [0.2, 0.25) is 0 Å². The Labute approximate surface area is 137 Å². The van der Waals surface area contributed by atoms with Gasteiger partial charge in [-0.1, -0.05) is 13.8 Å². The van der Waals surface area contributed by atoms with E-state index < -0.39 is 0 Å². The third-order valence-electron chi connectivity index (χ3n) is 4.35. The van der Waals surface area contributed by atoms with E-state index in [4.69, 9.17) is 10.1 Å². The van der Waals surface area contributed by atoms with Crippen LogP contribution in [0.25, 0.3) is 0 Å². The van der Waals surface area contributed by atoms with Gasteiger partial charge in [-0.3, -0.25) is 5.01 Å². The van der Waals surface area contributed by atoms with Crippen LogP contribution in [-0.4, -0.2) is 36.9 Å². The predicted molar refractivity (Wildman–Crippen MR) is 92.5 cm³/mol. The Morgan fingerprint density at radius 3 is 3.00 bits per heavy atom. The van der Waals surface area contributed by atoms with E-state index in [0.29, 0.717) is 12.5 Å². The molecule has 23 heavy (non-hydrogen) atoms. The van der Waals surface area contributed by atoms with E-state index in [-0.39, 0.29) is 6.04 Å². The van der Waals surface area contributed by atoms with E-state index in [9.17, 15) is 4.79 Å². The van der Waals surface area contributed by atoms with Gasteiger partial charge in [-0.2, -0.15) is 5.10 Å². The fourth-order valence-corrected chi connectivity index (χ4v) is 2.55. The second-order valence-corrected chi connectivity index (χ2v) is 5.98. The zero-order chi connectivity index (χ0) is 16.8. The van der Waals surface area contributed by atoms with Crippen molar-refractivity contribution < 1.29 is 9.53 Å². The smallest absolute Gasteiger partial charge is 0.148 e. The minimum atomic E-state index is -0.364. The molecule has 0 fully saturated rings. The number of nitrogens with one attached hydrogen (secondary N) is 1. The summed E-state index contributed by atoms with van der Waals surface area (Å²) in [5, 5.41) is 13.8. The molecule has 124 valence electrons. The van der Waals surface area contributed by atoms with Crippen molar-refractivity contribution >= 4 is 18.2 Å². The van der Waals surface area contributed by atoms with Crippen LogP contribution in [0.4, 0.5) is 0 Å². The monoisotopic (exact) mass is 315 g/mol. The first-order chi connectivity index (χ1) is 11.1. The molecule has 1 heterocycles. The summed E-state index contributed by atoms with van der Waals surface area (Å²) < 4.78 is 5.79. The highest BCUT2D eigenvalue weighted by molar-refractivity contribution is 5.86. The highest BCUT2D eigenvalue weighted by atomic mass is 16.5. The van der Waals surface area contributed by atoms with Gasteiger partial charge < -0.3 is 14.9 Å². The Morgan fingerprint density at radius 1 is 1.52 bits per heavy atom. The molecular formula is C18H25N3O2. The molecule has 0 bridgehead atoms. The number of hydrogen-bond acceptors (Lipinski definition) is 5. The number of nitrogens with zero attached hydrogens (tertiary/aromatic N) is 2. The second kappa shape index (κ2) is 7.90. The van der Waals surface area contributed by atoms with Gasteiger partial charge in [0.05, 0.1) is 12.8 Å². The summed E-state index contributed by atoms with van der Waals surface area (Å²) in [5.41, 5.74) is 2.66. The average molecular weight is 315 g/mol. The summed E-state index contributed by atoms with van der Waals surface area (Å²) in [7, 11) is 1.78. The summed E-state index contributed by atoms with van der Waals surface area (Å²) in [6.07, 6.45) is 5.26. The topological polar surface area (TPSA) is 65.8 Å².